The molecule has 0 bridgehead atoms. The number of rotatable bonds is 4. The Balaban J connectivity index is 1.98. The highest BCUT2D eigenvalue weighted by Crippen LogP contribution is 2.19. The molecule has 0 saturated carbocycles. The molecule has 2 heterocycles. The van der Waals surface area contributed by atoms with Gasteiger partial charge in [-0.3, -0.25) is 10.4 Å². The molecule has 4 rings (SSSR count). The number of nitrogens with one attached hydrogen (secondary N) is 1. The fourth-order valence-electron chi connectivity index (χ4n) is 3.14. The van der Waals surface area contributed by atoms with Crippen LogP contribution in [0.1, 0.15) is 0 Å². The van der Waals surface area contributed by atoms with Gasteiger partial charge in [0.15, 0.2) is 5.17 Å². The molecule has 3 aromatic rings. The van der Waals surface area contributed by atoms with Gasteiger partial charge in [0, 0.05) is 30.2 Å². The Morgan fingerprint density at radius 2 is 1.80 bits per heavy atom. The lowest BCUT2D eigenvalue weighted by atomic mass is 10.1. The van der Waals surface area contributed by atoms with E-state index in [1.807, 2.05) is 0 Å². The molecule has 0 aliphatic carbocycles. The van der Waals surface area contributed by atoms with Gasteiger partial charge in [-0.25, -0.2) is 0 Å². The lowest BCUT2D eigenvalue weighted by Gasteiger charge is -2.16. The van der Waals surface area contributed by atoms with Gasteiger partial charge < -0.3 is 9.30 Å². The van der Waals surface area contributed by atoms with Crippen LogP contribution in [0.4, 0.5) is 0 Å². The summed E-state index contributed by atoms with van der Waals surface area (Å²) in [5.74, 6) is 1.02. The number of methoxy groups -OCH3 is 1. The quantitative estimate of drug-likeness (QED) is 0.580. The molecule has 1 aromatic heterocycles. The number of benzene rings is 2. The summed E-state index contributed by atoms with van der Waals surface area (Å²) < 4.78 is 7.61. The average Bonchev–Trinajstić information content (AvgIpc) is 3.18. The van der Waals surface area contributed by atoms with Gasteiger partial charge in [0.25, 0.3) is 0 Å². The molecule has 2 aromatic carbocycles. The first-order valence-electron chi connectivity index (χ1n) is 8.34. The average molecular weight is 352 g/mol. The number of para-hydroxylation sites is 2. The molecule has 25 heavy (non-hydrogen) atoms. The molecule has 1 aliphatic rings. The maximum absolute atomic E-state index is 5.31. The molecule has 0 saturated heterocycles. The minimum absolute atomic E-state index is 0.668. The van der Waals surface area contributed by atoms with Crippen molar-refractivity contribution in [3.8, 4) is 0 Å². The van der Waals surface area contributed by atoms with Gasteiger partial charge in [0.05, 0.1) is 24.2 Å². The lowest BCUT2D eigenvalue weighted by molar-refractivity contribution is 0.189. The second kappa shape index (κ2) is 7.29. The Morgan fingerprint density at radius 3 is 2.40 bits per heavy atom. The van der Waals surface area contributed by atoms with E-state index in [0.29, 0.717) is 6.61 Å². The Hall–Kier alpha value is -2.31. The summed E-state index contributed by atoms with van der Waals surface area (Å²) in [6.45, 7) is 2.32. The van der Waals surface area contributed by atoms with Crippen molar-refractivity contribution in [2.45, 2.75) is 6.54 Å². The van der Waals surface area contributed by atoms with Gasteiger partial charge in [-0.15, -0.1) is 0 Å². The number of nitrogens with zero attached hydrogens (tertiary/aromatic N) is 3. The van der Waals surface area contributed by atoms with Crippen molar-refractivity contribution in [3.05, 3.63) is 53.9 Å². The van der Waals surface area contributed by atoms with Crippen LogP contribution in [0.15, 0.2) is 58.6 Å². The van der Waals surface area contributed by atoms with Gasteiger partial charge in [0.2, 0.25) is 0 Å². The number of aromatic nitrogens is 1. The predicted octanol–water partition coefficient (Wildman–Crippen LogP) is 2.95. The number of fused-ring (bicyclic) bond motifs is 2. The van der Waals surface area contributed by atoms with Gasteiger partial charge in [-0.05, 0) is 12.1 Å². The van der Waals surface area contributed by atoms with E-state index < -0.39 is 0 Å². The van der Waals surface area contributed by atoms with E-state index in [9.17, 15) is 0 Å². The Labute approximate surface area is 150 Å². The molecule has 6 heteroatoms. The van der Waals surface area contributed by atoms with E-state index in [4.69, 9.17) is 9.84 Å². The lowest BCUT2D eigenvalue weighted by Crippen LogP contribution is -2.20. The number of hydrogen-bond donors (Lipinski definition) is 1. The monoisotopic (exact) mass is 352 g/mol. The van der Waals surface area contributed by atoms with E-state index in [0.717, 1.165) is 51.2 Å². The number of hydrogen-bond acceptors (Lipinski definition) is 5. The zero-order chi connectivity index (χ0) is 17.1. The predicted molar refractivity (Wildman–Crippen MR) is 105 cm³/mol. The van der Waals surface area contributed by atoms with Gasteiger partial charge >= 0.3 is 0 Å². The van der Waals surface area contributed by atoms with Crippen molar-refractivity contribution in [3.63, 3.8) is 0 Å². The Morgan fingerprint density at radius 1 is 1.12 bits per heavy atom. The standard InChI is InChI=1S/C19H20N4OS/c1-24-12-11-23-16-8-4-2-6-14(16)18(15-7-3-5-9-17(15)23)21-22-19-20-10-13-25-19/h2-9H,10-13H2,1H3,(H,20,22). The first-order valence-corrected chi connectivity index (χ1v) is 9.33. The van der Waals surface area contributed by atoms with Crippen molar-refractivity contribution in [1.82, 2.24) is 9.99 Å². The molecule has 0 unspecified atom stereocenters. The van der Waals surface area contributed by atoms with Crippen LogP contribution < -0.4 is 10.8 Å². The molecule has 0 fully saturated rings. The summed E-state index contributed by atoms with van der Waals surface area (Å²) >= 11 is 1.71. The minimum Gasteiger partial charge on any atom is -0.383 e. The fourth-order valence-corrected chi connectivity index (χ4v) is 3.81. The van der Waals surface area contributed by atoms with Crippen LogP contribution in [-0.4, -0.2) is 35.7 Å². The fraction of sp³-hybridized carbons (Fsp3) is 0.263. The highest BCUT2D eigenvalue weighted by molar-refractivity contribution is 8.14. The zero-order valence-electron chi connectivity index (χ0n) is 14.1. The van der Waals surface area contributed by atoms with Gasteiger partial charge in [-0.1, -0.05) is 48.2 Å². The van der Waals surface area contributed by atoms with E-state index in [1.54, 1.807) is 18.9 Å². The number of amidine groups is 1. The molecule has 128 valence electrons. The topological polar surface area (TPSA) is 50.9 Å². The van der Waals surface area contributed by atoms with E-state index in [2.05, 4.69) is 63.5 Å². The third kappa shape index (κ3) is 3.15. The number of aliphatic imine (C=N–C) groups is 1. The van der Waals surface area contributed by atoms with Gasteiger partial charge in [-0.2, -0.15) is 5.10 Å². The molecular formula is C19H20N4OS. The molecule has 0 radical (unpaired) electrons. The third-order valence-corrected chi connectivity index (χ3v) is 5.15. The van der Waals surface area contributed by atoms with E-state index >= 15 is 0 Å². The van der Waals surface area contributed by atoms with E-state index in [-0.39, 0.29) is 0 Å². The summed E-state index contributed by atoms with van der Waals surface area (Å²) in [4.78, 5) is 4.42. The minimum atomic E-state index is 0.668. The van der Waals surface area contributed by atoms with Crippen molar-refractivity contribution >= 4 is 38.7 Å². The molecule has 1 N–H and O–H groups in total. The molecule has 0 amide bonds. The van der Waals surface area contributed by atoms with Crippen LogP contribution in [0, 0.1) is 0 Å². The summed E-state index contributed by atoms with van der Waals surface area (Å²) in [6.07, 6.45) is 0. The zero-order valence-corrected chi connectivity index (χ0v) is 14.9. The smallest absolute Gasteiger partial charge is 0.177 e. The van der Waals surface area contributed by atoms with Crippen LogP contribution in [0.3, 0.4) is 0 Å². The third-order valence-electron chi connectivity index (χ3n) is 4.27. The van der Waals surface area contributed by atoms with Crippen molar-refractivity contribution < 1.29 is 4.74 Å². The molecule has 5 nitrogen and oxygen atoms in total. The van der Waals surface area contributed by atoms with Crippen molar-refractivity contribution in [1.29, 1.82) is 0 Å². The van der Waals surface area contributed by atoms with E-state index in [1.165, 1.54) is 0 Å². The Kier molecular flexibility index (Phi) is 4.72. The van der Waals surface area contributed by atoms with Crippen molar-refractivity contribution in [2.24, 2.45) is 10.1 Å². The number of thioether (sulfide) groups is 1. The largest absolute Gasteiger partial charge is 0.383 e. The normalized spacial score (nSPS) is 14.0. The number of ether oxygens (including phenoxy) is 1. The second-order valence-electron chi connectivity index (χ2n) is 5.79. The SMILES string of the molecule is COCCn1c2ccccc2c(=NNC2=NCCS2)c2ccccc21. The highest BCUT2D eigenvalue weighted by Gasteiger charge is 2.10. The molecule has 1 aliphatic heterocycles. The number of pyridine rings is 1. The van der Waals surface area contributed by atoms with Crippen LogP contribution in [-0.2, 0) is 11.3 Å². The second-order valence-corrected chi connectivity index (χ2v) is 6.87. The maximum Gasteiger partial charge on any atom is 0.177 e. The molecular weight excluding hydrogens is 332 g/mol. The van der Waals surface area contributed by atoms with Crippen LogP contribution >= 0.6 is 11.8 Å². The summed E-state index contributed by atoms with van der Waals surface area (Å²) in [5, 5.41) is 8.80. The van der Waals surface area contributed by atoms with Crippen LogP contribution in [0.2, 0.25) is 0 Å². The molecule has 0 atom stereocenters. The van der Waals surface area contributed by atoms with Crippen LogP contribution in [0.5, 0.6) is 0 Å². The summed E-state index contributed by atoms with van der Waals surface area (Å²) in [6, 6.07) is 16.8. The van der Waals surface area contributed by atoms with Gasteiger partial charge in [0.1, 0.15) is 5.36 Å². The summed E-state index contributed by atoms with van der Waals surface area (Å²) in [7, 11) is 1.73. The Bertz CT molecular complexity index is 949. The molecule has 0 spiro atoms. The first-order chi connectivity index (χ1) is 12.4. The van der Waals surface area contributed by atoms with Crippen molar-refractivity contribution in [2.75, 3.05) is 26.0 Å². The first kappa shape index (κ1) is 16.2. The summed E-state index contributed by atoms with van der Waals surface area (Å²) in [5.41, 5.74) is 5.45. The maximum atomic E-state index is 5.31. The van der Waals surface area contributed by atoms with Crippen LogP contribution in [0.25, 0.3) is 21.8 Å². The highest BCUT2D eigenvalue weighted by atomic mass is 32.2.